The van der Waals surface area contributed by atoms with Gasteiger partial charge in [-0.15, -0.1) is 0 Å². The largest absolute Gasteiger partial charge is 0.488 e. The summed E-state index contributed by atoms with van der Waals surface area (Å²) in [6, 6.07) is 4.07. The minimum absolute atomic E-state index is 0.518. The predicted octanol–water partition coefficient (Wildman–Crippen LogP) is 2.40. The molecule has 76 valence electrons. The zero-order valence-corrected chi connectivity index (χ0v) is 8.71. The van der Waals surface area contributed by atoms with E-state index >= 15 is 0 Å². The van der Waals surface area contributed by atoms with Gasteiger partial charge in [-0.05, 0) is 24.5 Å². The molecule has 2 rings (SSSR count). The van der Waals surface area contributed by atoms with Crippen LogP contribution in [0.3, 0.4) is 0 Å². The van der Waals surface area contributed by atoms with Crippen LogP contribution in [0.2, 0.25) is 0 Å². The van der Waals surface area contributed by atoms with Crippen molar-refractivity contribution in [3.63, 3.8) is 0 Å². The number of nitrogens with zero attached hydrogens (tertiary/aromatic N) is 1. The maximum Gasteiger partial charge on any atom is 0.169 e. The summed E-state index contributed by atoms with van der Waals surface area (Å²) < 4.78 is 5.47. The van der Waals surface area contributed by atoms with Gasteiger partial charge in [0.2, 0.25) is 0 Å². The van der Waals surface area contributed by atoms with Crippen molar-refractivity contribution in [1.29, 1.82) is 0 Å². The van der Waals surface area contributed by atoms with E-state index in [2.05, 4.69) is 30.2 Å². The minimum atomic E-state index is 0.518. The first-order chi connectivity index (χ1) is 6.81. The topological polar surface area (TPSA) is 34.2 Å². The summed E-state index contributed by atoms with van der Waals surface area (Å²) in [7, 11) is 0. The van der Waals surface area contributed by atoms with Crippen LogP contribution in [-0.2, 0) is 0 Å². The summed E-state index contributed by atoms with van der Waals surface area (Å²) in [5, 5.41) is 3.25. The highest BCUT2D eigenvalue weighted by Crippen LogP contribution is 2.27. The molecule has 1 N–H and O–H groups in total. The lowest BCUT2D eigenvalue weighted by atomic mass is 10.0. The number of fused-ring (bicyclic) bond motifs is 1. The Morgan fingerprint density at radius 1 is 1.57 bits per heavy atom. The molecular weight excluding hydrogens is 176 g/mol. The molecule has 1 aromatic heterocycles. The van der Waals surface area contributed by atoms with Crippen molar-refractivity contribution < 1.29 is 4.74 Å². The van der Waals surface area contributed by atoms with Crippen LogP contribution in [0.15, 0.2) is 12.1 Å². The zero-order valence-electron chi connectivity index (χ0n) is 8.71. The van der Waals surface area contributed by atoms with E-state index in [0.29, 0.717) is 5.92 Å². The van der Waals surface area contributed by atoms with Gasteiger partial charge in [0.05, 0.1) is 6.54 Å². The molecule has 1 aliphatic heterocycles. The first-order valence-corrected chi connectivity index (χ1v) is 5.19. The molecule has 1 atom stereocenters. The van der Waals surface area contributed by atoms with Crippen molar-refractivity contribution >= 4 is 5.82 Å². The number of aromatic nitrogens is 1. The highest BCUT2D eigenvalue weighted by Gasteiger charge is 2.13. The van der Waals surface area contributed by atoms with Gasteiger partial charge in [-0.2, -0.15) is 0 Å². The third-order valence-corrected chi connectivity index (χ3v) is 2.65. The van der Waals surface area contributed by atoms with E-state index in [1.165, 1.54) is 0 Å². The fraction of sp³-hybridized carbons (Fsp3) is 0.545. The van der Waals surface area contributed by atoms with Crippen molar-refractivity contribution in [3.05, 3.63) is 17.8 Å². The molecule has 0 bridgehead atoms. The third kappa shape index (κ3) is 1.67. The molecule has 0 amide bonds. The first-order valence-electron chi connectivity index (χ1n) is 5.19. The Balaban J connectivity index is 2.29. The normalized spacial score (nSPS) is 16.4. The molecule has 3 heteroatoms. The lowest BCUT2D eigenvalue weighted by molar-refractivity contribution is 0.321. The standard InChI is InChI=1S/C11H16N2O/c1-3-8(2)9-4-5-10-11(13-9)12-6-7-14-10/h4-5,8H,3,6-7H2,1-2H3,(H,12,13). The van der Waals surface area contributed by atoms with Crippen LogP contribution in [-0.4, -0.2) is 18.1 Å². The molecule has 3 nitrogen and oxygen atoms in total. The Kier molecular flexibility index (Phi) is 2.57. The van der Waals surface area contributed by atoms with E-state index in [0.717, 1.165) is 36.8 Å². The average molecular weight is 192 g/mol. The number of pyridine rings is 1. The second-order valence-corrected chi connectivity index (χ2v) is 3.67. The number of hydrogen-bond acceptors (Lipinski definition) is 3. The lowest BCUT2D eigenvalue weighted by Crippen LogP contribution is -2.19. The molecule has 0 aromatic carbocycles. The van der Waals surface area contributed by atoms with Crippen LogP contribution < -0.4 is 10.1 Å². The summed E-state index contributed by atoms with van der Waals surface area (Å²) in [5.74, 6) is 2.29. The summed E-state index contributed by atoms with van der Waals surface area (Å²) >= 11 is 0. The van der Waals surface area contributed by atoms with Crippen LogP contribution in [0.25, 0.3) is 0 Å². The summed E-state index contributed by atoms with van der Waals surface area (Å²) in [4.78, 5) is 4.55. The molecule has 0 spiro atoms. The summed E-state index contributed by atoms with van der Waals surface area (Å²) in [6.45, 7) is 5.95. The smallest absolute Gasteiger partial charge is 0.169 e. The maximum atomic E-state index is 5.47. The van der Waals surface area contributed by atoms with E-state index in [9.17, 15) is 0 Å². The zero-order chi connectivity index (χ0) is 9.97. The molecule has 1 aliphatic rings. The highest BCUT2D eigenvalue weighted by molar-refractivity contribution is 5.52. The van der Waals surface area contributed by atoms with Gasteiger partial charge in [0, 0.05) is 5.69 Å². The number of rotatable bonds is 2. The maximum absolute atomic E-state index is 5.47. The fourth-order valence-electron chi connectivity index (χ4n) is 1.52. The van der Waals surface area contributed by atoms with Crippen molar-refractivity contribution in [1.82, 2.24) is 4.98 Å². The van der Waals surface area contributed by atoms with Crippen LogP contribution in [0.1, 0.15) is 31.9 Å². The predicted molar refractivity (Wildman–Crippen MR) is 56.9 cm³/mol. The van der Waals surface area contributed by atoms with Gasteiger partial charge >= 0.3 is 0 Å². The lowest BCUT2D eigenvalue weighted by Gasteiger charge is -2.19. The number of nitrogens with one attached hydrogen (secondary N) is 1. The average Bonchev–Trinajstić information content (AvgIpc) is 2.27. The summed E-state index contributed by atoms with van der Waals surface area (Å²) in [5.41, 5.74) is 1.14. The monoisotopic (exact) mass is 192 g/mol. The van der Waals surface area contributed by atoms with Gasteiger partial charge in [-0.3, -0.25) is 0 Å². The molecular formula is C11H16N2O. The van der Waals surface area contributed by atoms with Gasteiger partial charge in [-0.1, -0.05) is 13.8 Å². The molecule has 14 heavy (non-hydrogen) atoms. The van der Waals surface area contributed by atoms with Crippen LogP contribution in [0.4, 0.5) is 5.82 Å². The Labute approximate surface area is 84.5 Å². The molecule has 1 aromatic rings. The number of hydrogen-bond donors (Lipinski definition) is 1. The Bertz CT molecular complexity index is 325. The van der Waals surface area contributed by atoms with Crippen molar-refractivity contribution in [3.8, 4) is 5.75 Å². The van der Waals surface area contributed by atoms with E-state index in [-0.39, 0.29) is 0 Å². The van der Waals surface area contributed by atoms with Gasteiger partial charge in [0.25, 0.3) is 0 Å². The Hall–Kier alpha value is -1.25. The molecule has 1 unspecified atom stereocenters. The van der Waals surface area contributed by atoms with Gasteiger partial charge in [-0.25, -0.2) is 4.98 Å². The Morgan fingerprint density at radius 3 is 3.21 bits per heavy atom. The fourth-order valence-corrected chi connectivity index (χ4v) is 1.52. The Morgan fingerprint density at radius 2 is 2.43 bits per heavy atom. The van der Waals surface area contributed by atoms with Gasteiger partial charge in [0.1, 0.15) is 6.61 Å². The van der Waals surface area contributed by atoms with E-state index in [1.807, 2.05) is 6.07 Å². The van der Waals surface area contributed by atoms with E-state index < -0.39 is 0 Å². The summed E-state index contributed by atoms with van der Waals surface area (Å²) in [6.07, 6.45) is 1.12. The first kappa shape index (κ1) is 9.31. The highest BCUT2D eigenvalue weighted by atomic mass is 16.5. The van der Waals surface area contributed by atoms with Crippen LogP contribution in [0.5, 0.6) is 5.75 Å². The third-order valence-electron chi connectivity index (χ3n) is 2.65. The quantitative estimate of drug-likeness (QED) is 0.781. The molecule has 0 fully saturated rings. The van der Waals surface area contributed by atoms with Gasteiger partial charge in [0.15, 0.2) is 11.6 Å². The molecule has 0 aliphatic carbocycles. The molecule has 0 saturated carbocycles. The van der Waals surface area contributed by atoms with Crippen molar-refractivity contribution in [2.45, 2.75) is 26.2 Å². The van der Waals surface area contributed by atoms with E-state index in [1.54, 1.807) is 0 Å². The molecule has 2 heterocycles. The number of anilines is 1. The van der Waals surface area contributed by atoms with Crippen molar-refractivity contribution in [2.24, 2.45) is 0 Å². The van der Waals surface area contributed by atoms with Crippen LogP contribution in [0, 0.1) is 0 Å². The second-order valence-electron chi connectivity index (χ2n) is 3.67. The molecule has 0 saturated heterocycles. The van der Waals surface area contributed by atoms with E-state index in [4.69, 9.17) is 4.74 Å². The van der Waals surface area contributed by atoms with Gasteiger partial charge < -0.3 is 10.1 Å². The minimum Gasteiger partial charge on any atom is -0.488 e. The van der Waals surface area contributed by atoms with Crippen LogP contribution >= 0.6 is 0 Å². The molecule has 0 radical (unpaired) electrons. The SMILES string of the molecule is CCC(C)c1ccc2c(n1)NCCO2. The van der Waals surface area contributed by atoms with Crippen molar-refractivity contribution in [2.75, 3.05) is 18.5 Å². The number of ether oxygens (including phenoxy) is 1. The second kappa shape index (κ2) is 3.86.